The zero-order valence-corrected chi connectivity index (χ0v) is 16.8. The molecule has 0 aliphatic carbocycles. The van der Waals surface area contributed by atoms with Crippen molar-refractivity contribution in [2.24, 2.45) is 0 Å². The van der Waals surface area contributed by atoms with Crippen LogP contribution in [0.1, 0.15) is 38.3 Å². The summed E-state index contributed by atoms with van der Waals surface area (Å²) in [6, 6.07) is 15.0. The lowest BCUT2D eigenvalue weighted by Gasteiger charge is -2.29. The van der Waals surface area contributed by atoms with Crippen LogP contribution in [0.4, 0.5) is 8.78 Å². The molecule has 0 bridgehead atoms. The predicted molar refractivity (Wildman–Crippen MR) is 108 cm³/mol. The molecule has 29 heavy (non-hydrogen) atoms. The third-order valence-electron chi connectivity index (χ3n) is 5.33. The first kappa shape index (κ1) is 19.8. The number of fused-ring (bicyclic) bond motifs is 1. The van der Waals surface area contributed by atoms with E-state index in [1.807, 2.05) is 39.0 Å². The van der Waals surface area contributed by atoms with Crippen LogP contribution in [0.25, 0.3) is 10.8 Å². The molecule has 152 valence electrons. The smallest absolute Gasteiger partial charge is 0.164 e. The molecule has 3 aromatic carbocycles. The van der Waals surface area contributed by atoms with Gasteiger partial charge in [-0.05, 0) is 72.5 Å². The van der Waals surface area contributed by atoms with Crippen molar-refractivity contribution in [3.63, 3.8) is 0 Å². The van der Waals surface area contributed by atoms with E-state index in [0.29, 0.717) is 24.3 Å². The van der Waals surface area contributed by atoms with Crippen LogP contribution in [0.15, 0.2) is 54.6 Å². The van der Waals surface area contributed by atoms with Gasteiger partial charge in [-0.2, -0.15) is 0 Å². The topological polar surface area (TPSA) is 27.7 Å². The molecular formula is C24H24F2O3. The molecule has 0 spiro atoms. The van der Waals surface area contributed by atoms with Crippen LogP contribution in [-0.2, 0) is 21.7 Å². The Hall–Kier alpha value is -2.50. The second-order valence-corrected chi connectivity index (χ2v) is 7.93. The molecular weight excluding hydrogens is 374 g/mol. The Kier molecular flexibility index (Phi) is 5.05. The van der Waals surface area contributed by atoms with Crippen molar-refractivity contribution in [2.75, 3.05) is 6.61 Å². The molecule has 0 aromatic heterocycles. The van der Waals surface area contributed by atoms with Crippen molar-refractivity contribution in [3.05, 3.63) is 77.4 Å². The highest BCUT2D eigenvalue weighted by Gasteiger charge is 2.45. The average molecular weight is 398 g/mol. The summed E-state index contributed by atoms with van der Waals surface area (Å²) in [5.41, 5.74) is 0.867. The van der Waals surface area contributed by atoms with Gasteiger partial charge in [-0.3, -0.25) is 0 Å². The Balaban J connectivity index is 1.57. The van der Waals surface area contributed by atoms with E-state index in [0.717, 1.165) is 16.3 Å². The fourth-order valence-corrected chi connectivity index (χ4v) is 3.77. The third kappa shape index (κ3) is 4.11. The Bertz CT molecular complexity index is 1050. The molecule has 0 radical (unpaired) electrons. The van der Waals surface area contributed by atoms with E-state index in [1.165, 1.54) is 24.3 Å². The summed E-state index contributed by atoms with van der Waals surface area (Å²) >= 11 is 0. The Labute approximate surface area is 169 Å². The number of benzene rings is 3. The van der Waals surface area contributed by atoms with Gasteiger partial charge >= 0.3 is 0 Å². The summed E-state index contributed by atoms with van der Waals surface area (Å²) in [7, 11) is 0. The number of hydrogen-bond acceptors (Lipinski definition) is 3. The molecule has 5 heteroatoms. The van der Waals surface area contributed by atoms with Crippen LogP contribution in [0, 0.1) is 11.6 Å². The molecule has 1 aliphatic heterocycles. The van der Waals surface area contributed by atoms with Gasteiger partial charge in [-0.25, -0.2) is 8.78 Å². The minimum atomic E-state index is -0.719. The minimum absolute atomic E-state index is 0.247. The van der Waals surface area contributed by atoms with E-state index in [4.69, 9.17) is 14.2 Å². The summed E-state index contributed by atoms with van der Waals surface area (Å²) in [5, 5.41) is 1.75. The first-order valence-electron chi connectivity index (χ1n) is 9.75. The lowest BCUT2D eigenvalue weighted by atomic mass is 9.91. The molecule has 0 saturated carbocycles. The highest BCUT2D eigenvalue weighted by atomic mass is 19.1. The van der Waals surface area contributed by atoms with Crippen LogP contribution in [0.2, 0.25) is 0 Å². The van der Waals surface area contributed by atoms with E-state index in [2.05, 4.69) is 0 Å². The summed E-state index contributed by atoms with van der Waals surface area (Å²) in [5.74, 6) is -0.972. The summed E-state index contributed by atoms with van der Waals surface area (Å²) in [6.45, 7) is 6.30. The normalized spacial score (nSPS) is 20.9. The average Bonchev–Trinajstić information content (AvgIpc) is 3.02. The number of hydrogen-bond donors (Lipinski definition) is 0. The molecule has 3 nitrogen and oxygen atoms in total. The molecule has 0 amide bonds. The lowest BCUT2D eigenvalue weighted by molar-refractivity contribution is -0.164. The monoisotopic (exact) mass is 398 g/mol. The van der Waals surface area contributed by atoms with Crippen LogP contribution in [-0.4, -0.2) is 12.4 Å². The fourth-order valence-electron chi connectivity index (χ4n) is 3.77. The quantitative estimate of drug-likeness (QED) is 0.521. The summed E-state index contributed by atoms with van der Waals surface area (Å²) in [4.78, 5) is 0. The van der Waals surface area contributed by atoms with E-state index >= 15 is 0 Å². The first-order valence-corrected chi connectivity index (χ1v) is 9.75. The maximum Gasteiger partial charge on any atom is 0.164 e. The number of ether oxygens (including phenoxy) is 3. The van der Waals surface area contributed by atoms with Crippen molar-refractivity contribution in [1.82, 2.24) is 0 Å². The Morgan fingerprint density at radius 2 is 1.72 bits per heavy atom. The zero-order valence-electron chi connectivity index (χ0n) is 16.8. The third-order valence-corrected chi connectivity index (χ3v) is 5.33. The van der Waals surface area contributed by atoms with E-state index < -0.39 is 11.4 Å². The second-order valence-electron chi connectivity index (χ2n) is 7.93. The lowest BCUT2D eigenvalue weighted by Crippen LogP contribution is -2.31. The zero-order chi connectivity index (χ0) is 20.6. The molecule has 1 heterocycles. The maximum atomic E-state index is 14.3. The van der Waals surface area contributed by atoms with Crippen molar-refractivity contribution in [2.45, 2.75) is 45.2 Å². The van der Waals surface area contributed by atoms with Crippen LogP contribution in [0.5, 0.6) is 5.75 Å². The van der Waals surface area contributed by atoms with Gasteiger partial charge in [0.25, 0.3) is 0 Å². The standard InChI is InChI=1S/C24H24F2O3/c1-4-24(15-28-23(2,3)29-24)19-11-21(26)13-22(12-19)27-14-16-5-6-17-7-8-20(25)10-18(17)9-16/h5-13H,4,14-15H2,1-3H3. The summed E-state index contributed by atoms with van der Waals surface area (Å²) < 4.78 is 45.6. The predicted octanol–water partition coefficient (Wildman–Crippen LogP) is 6.09. The Morgan fingerprint density at radius 1 is 0.931 bits per heavy atom. The van der Waals surface area contributed by atoms with E-state index in [1.54, 1.807) is 12.1 Å². The van der Waals surface area contributed by atoms with Gasteiger partial charge in [-0.1, -0.05) is 25.1 Å². The van der Waals surface area contributed by atoms with E-state index in [-0.39, 0.29) is 18.2 Å². The largest absolute Gasteiger partial charge is 0.489 e. The Morgan fingerprint density at radius 3 is 2.45 bits per heavy atom. The highest BCUT2D eigenvalue weighted by molar-refractivity contribution is 5.83. The molecule has 0 N–H and O–H groups in total. The first-order chi connectivity index (χ1) is 13.8. The van der Waals surface area contributed by atoms with E-state index in [9.17, 15) is 8.78 Å². The maximum absolute atomic E-state index is 14.3. The SMILES string of the molecule is CCC1(c2cc(F)cc(OCc3ccc4ccc(F)cc4c3)c2)COC(C)(C)O1. The fraction of sp³-hybridized carbons (Fsp3) is 0.333. The molecule has 3 aromatic rings. The molecule has 4 rings (SSSR count). The number of rotatable bonds is 5. The van der Waals surface area contributed by atoms with Crippen molar-refractivity contribution in [1.29, 1.82) is 0 Å². The van der Waals surface area contributed by atoms with Crippen LogP contribution >= 0.6 is 0 Å². The minimum Gasteiger partial charge on any atom is -0.489 e. The molecule has 1 aliphatic rings. The van der Waals surface area contributed by atoms with Crippen LogP contribution < -0.4 is 4.74 Å². The van der Waals surface area contributed by atoms with Crippen molar-refractivity contribution >= 4 is 10.8 Å². The molecule has 1 saturated heterocycles. The van der Waals surface area contributed by atoms with Gasteiger partial charge < -0.3 is 14.2 Å². The highest BCUT2D eigenvalue weighted by Crippen LogP contribution is 2.42. The van der Waals surface area contributed by atoms with Crippen molar-refractivity contribution in [3.8, 4) is 5.75 Å². The van der Waals surface area contributed by atoms with Gasteiger partial charge in [0.15, 0.2) is 5.79 Å². The van der Waals surface area contributed by atoms with Gasteiger partial charge in [-0.15, -0.1) is 0 Å². The van der Waals surface area contributed by atoms with Gasteiger partial charge in [0.05, 0.1) is 6.61 Å². The van der Waals surface area contributed by atoms with Crippen molar-refractivity contribution < 1.29 is 23.0 Å². The van der Waals surface area contributed by atoms with Crippen LogP contribution in [0.3, 0.4) is 0 Å². The molecule has 1 atom stereocenters. The molecule has 1 fully saturated rings. The second kappa shape index (κ2) is 7.39. The molecule has 1 unspecified atom stereocenters. The van der Waals surface area contributed by atoms with Gasteiger partial charge in [0.1, 0.15) is 29.6 Å². The van der Waals surface area contributed by atoms with Gasteiger partial charge in [0.2, 0.25) is 0 Å². The summed E-state index contributed by atoms with van der Waals surface area (Å²) in [6.07, 6.45) is 0.648. The van der Waals surface area contributed by atoms with Gasteiger partial charge in [0, 0.05) is 6.07 Å². The number of halogens is 2.